The number of pyridine rings is 1. The molecule has 14 nitrogen and oxygen atoms in total. The zero-order valence-electron chi connectivity index (χ0n) is 31.8. The number of likely N-dealkylation sites (tertiary alicyclic amines) is 1. The summed E-state index contributed by atoms with van der Waals surface area (Å²) in [6.07, 6.45) is 3.33. The maximum absolute atomic E-state index is 13.5. The number of carbonyl (C=O) groups is 6. The van der Waals surface area contributed by atoms with E-state index in [0.29, 0.717) is 35.6 Å². The molecule has 3 aliphatic heterocycles. The lowest BCUT2D eigenvalue weighted by atomic mass is 9.99. The van der Waals surface area contributed by atoms with E-state index in [-0.39, 0.29) is 41.8 Å². The predicted molar refractivity (Wildman–Crippen MR) is 219 cm³/mol. The number of para-hydroxylation sites is 1. The first-order valence-electron chi connectivity index (χ1n) is 19.4. The van der Waals surface area contributed by atoms with E-state index >= 15 is 0 Å². The Balaban J connectivity index is 0.850. The number of piperidine rings is 2. The Morgan fingerprint density at radius 1 is 0.828 bits per heavy atom. The second kappa shape index (κ2) is 16.3. The van der Waals surface area contributed by atoms with Crippen LogP contribution in [0.15, 0.2) is 97.2 Å². The van der Waals surface area contributed by atoms with E-state index in [0.717, 1.165) is 58.5 Å². The molecule has 0 aliphatic carbocycles. The number of imide groups is 2. The Kier molecular flexibility index (Phi) is 10.7. The van der Waals surface area contributed by atoms with Crippen molar-refractivity contribution in [3.05, 3.63) is 119 Å². The molecule has 5 aromatic rings. The molecule has 4 aromatic carbocycles. The van der Waals surface area contributed by atoms with Gasteiger partial charge in [0.2, 0.25) is 11.8 Å². The van der Waals surface area contributed by atoms with Gasteiger partial charge in [0, 0.05) is 74.2 Å². The molecule has 14 heteroatoms. The number of nitrogens with zero attached hydrogens (tertiary/aromatic N) is 3. The molecule has 2 fully saturated rings. The zero-order valence-corrected chi connectivity index (χ0v) is 31.8. The monoisotopic (exact) mass is 778 g/mol. The molecule has 3 aliphatic rings. The summed E-state index contributed by atoms with van der Waals surface area (Å²) in [5, 5.41) is 15.6. The van der Waals surface area contributed by atoms with Crippen molar-refractivity contribution >= 4 is 63.4 Å². The minimum Gasteiger partial charge on any atom is -0.382 e. The number of benzene rings is 4. The van der Waals surface area contributed by atoms with Crippen molar-refractivity contribution in [1.29, 1.82) is 0 Å². The Morgan fingerprint density at radius 2 is 1.59 bits per heavy atom. The van der Waals surface area contributed by atoms with E-state index in [9.17, 15) is 28.8 Å². The van der Waals surface area contributed by atoms with Crippen LogP contribution in [0, 0.1) is 0 Å². The van der Waals surface area contributed by atoms with Crippen LogP contribution >= 0.6 is 0 Å². The number of anilines is 3. The van der Waals surface area contributed by atoms with E-state index < -0.39 is 29.7 Å². The molecule has 1 atom stereocenters. The van der Waals surface area contributed by atoms with Gasteiger partial charge >= 0.3 is 0 Å². The van der Waals surface area contributed by atoms with Crippen LogP contribution in [0.1, 0.15) is 67.1 Å². The van der Waals surface area contributed by atoms with E-state index in [1.54, 1.807) is 43.6 Å². The molecular formula is C44H42N8O6. The molecule has 6 amide bonds. The summed E-state index contributed by atoms with van der Waals surface area (Å²) < 4.78 is 0. The van der Waals surface area contributed by atoms with Crippen molar-refractivity contribution in [2.45, 2.75) is 37.8 Å². The summed E-state index contributed by atoms with van der Waals surface area (Å²) >= 11 is 0. The van der Waals surface area contributed by atoms with Crippen molar-refractivity contribution in [3.8, 4) is 11.1 Å². The second-order valence-corrected chi connectivity index (χ2v) is 14.6. The molecule has 294 valence electrons. The van der Waals surface area contributed by atoms with Gasteiger partial charge < -0.3 is 26.2 Å². The largest absolute Gasteiger partial charge is 0.382 e. The van der Waals surface area contributed by atoms with Crippen LogP contribution in [-0.2, 0) is 9.59 Å². The number of fused-ring (bicyclic) bond motifs is 2. The molecule has 5 N–H and O–H groups in total. The minimum atomic E-state index is -1.01. The Bertz CT molecular complexity index is 2450. The van der Waals surface area contributed by atoms with Crippen LogP contribution in [0.3, 0.4) is 0 Å². The van der Waals surface area contributed by atoms with Gasteiger partial charge in [-0.2, -0.15) is 0 Å². The predicted octanol–water partition coefficient (Wildman–Crippen LogP) is 4.71. The Morgan fingerprint density at radius 3 is 2.33 bits per heavy atom. The SMILES string of the molecule is CNC(=O)c1cnc2ccc(-c3ccc(C(=O)NCCN4CCC(Nc5cccc6c5C(=O)N(C5CCC(=O)NC5=O)C6=O)CC4)cc3)cc2c1Nc1ccccc1. The first-order chi connectivity index (χ1) is 28.2. The van der Waals surface area contributed by atoms with E-state index in [2.05, 4.69) is 36.5 Å². The maximum Gasteiger partial charge on any atom is 0.264 e. The van der Waals surface area contributed by atoms with Crippen molar-refractivity contribution < 1.29 is 28.8 Å². The van der Waals surface area contributed by atoms with Crippen LogP contribution in [0.25, 0.3) is 22.0 Å². The number of amides is 6. The Hall–Kier alpha value is -6.93. The molecular weight excluding hydrogens is 737 g/mol. The van der Waals surface area contributed by atoms with Gasteiger partial charge in [-0.1, -0.05) is 42.5 Å². The summed E-state index contributed by atoms with van der Waals surface area (Å²) in [5.41, 5.74) is 6.09. The van der Waals surface area contributed by atoms with Gasteiger partial charge in [-0.25, -0.2) is 0 Å². The highest BCUT2D eigenvalue weighted by Crippen LogP contribution is 2.35. The maximum atomic E-state index is 13.5. The first-order valence-corrected chi connectivity index (χ1v) is 19.4. The highest BCUT2D eigenvalue weighted by Gasteiger charge is 2.45. The quantitative estimate of drug-likeness (QED) is 0.118. The molecule has 2 saturated heterocycles. The van der Waals surface area contributed by atoms with Gasteiger partial charge in [-0.15, -0.1) is 0 Å². The summed E-state index contributed by atoms with van der Waals surface area (Å²) in [7, 11) is 1.59. The lowest BCUT2D eigenvalue weighted by Crippen LogP contribution is -2.54. The lowest BCUT2D eigenvalue weighted by molar-refractivity contribution is -0.136. The van der Waals surface area contributed by atoms with Crippen LogP contribution in [-0.4, -0.2) is 95.5 Å². The normalized spacial score (nSPS) is 17.2. The molecule has 0 bridgehead atoms. The van der Waals surface area contributed by atoms with Crippen molar-refractivity contribution in [2.24, 2.45) is 0 Å². The summed E-state index contributed by atoms with van der Waals surface area (Å²) in [4.78, 5) is 84.6. The minimum absolute atomic E-state index is 0.0619. The summed E-state index contributed by atoms with van der Waals surface area (Å²) in [6.45, 7) is 2.70. The molecule has 0 saturated carbocycles. The first kappa shape index (κ1) is 38.0. The third-order valence-corrected chi connectivity index (χ3v) is 11.0. The molecule has 4 heterocycles. The number of rotatable bonds is 11. The van der Waals surface area contributed by atoms with Crippen molar-refractivity contribution in [2.75, 3.05) is 43.9 Å². The van der Waals surface area contributed by atoms with E-state index in [1.165, 1.54) is 0 Å². The topological polar surface area (TPSA) is 182 Å². The lowest BCUT2D eigenvalue weighted by Gasteiger charge is -2.33. The number of aromatic nitrogens is 1. The van der Waals surface area contributed by atoms with Gasteiger partial charge in [0.05, 0.1) is 27.9 Å². The number of carbonyl (C=O) groups excluding carboxylic acids is 6. The second-order valence-electron chi connectivity index (χ2n) is 14.6. The average molecular weight is 779 g/mol. The number of hydrogen-bond acceptors (Lipinski definition) is 10. The third-order valence-electron chi connectivity index (χ3n) is 11.0. The van der Waals surface area contributed by atoms with Crippen LogP contribution in [0.5, 0.6) is 0 Å². The summed E-state index contributed by atoms with van der Waals surface area (Å²) in [5.74, 6) is -2.53. The highest BCUT2D eigenvalue weighted by atomic mass is 16.2. The fourth-order valence-electron chi connectivity index (χ4n) is 7.88. The van der Waals surface area contributed by atoms with E-state index in [4.69, 9.17) is 0 Å². The standard InChI is InChI=1S/C44H42N8O6/c1-45-41(55)33-25-47-34-15-14-28(24-32(34)39(33)49-29-6-3-2-4-7-29)26-10-12-27(13-11-26)40(54)46-20-23-51-21-18-30(19-22-51)48-35-9-5-8-31-38(35)44(58)52(43(31)57)36-16-17-37(53)50-42(36)56/h2-15,24-25,30,36,48H,16-23H2,1H3,(H,45,55)(H,46,54)(H,47,49)(H,50,53,56). The molecule has 8 rings (SSSR count). The van der Waals surface area contributed by atoms with Crippen molar-refractivity contribution in [3.63, 3.8) is 0 Å². The average Bonchev–Trinajstić information content (AvgIpc) is 3.50. The fourth-order valence-corrected chi connectivity index (χ4v) is 7.88. The molecule has 1 unspecified atom stereocenters. The van der Waals surface area contributed by atoms with Gasteiger partial charge in [0.1, 0.15) is 6.04 Å². The third kappa shape index (κ3) is 7.61. The number of hydrogen-bond donors (Lipinski definition) is 5. The van der Waals surface area contributed by atoms with Gasteiger partial charge in [-0.3, -0.25) is 44.0 Å². The Labute approximate surface area is 334 Å². The molecule has 0 spiro atoms. The number of nitrogens with one attached hydrogen (secondary N) is 5. The van der Waals surface area contributed by atoms with Crippen LogP contribution in [0.2, 0.25) is 0 Å². The molecule has 1 aromatic heterocycles. The van der Waals surface area contributed by atoms with E-state index in [1.807, 2.05) is 60.7 Å². The zero-order chi connectivity index (χ0) is 40.3. The smallest absolute Gasteiger partial charge is 0.264 e. The van der Waals surface area contributed by atoms with Crippen LogP contribution < -0.4 is 26.6 Å². The van der Waals surface area contributed by atoms with Gasteiger partial charge in [0.25, 0.3) is 23.6 Å². The molecule has 58 heavy (non-hydrogen) atoms. The van der Waals surface area contributed by atoms with Crippen LogP contribution in [0.4, 0.5) is 17.1 Å². The van der Waals surface area contributed by atoms with Gasteiger partial charge in [0.15, 0.2) is 0 Å². The summed E-state index contributed by atoms with van der Waals surface area (Å²) in [6, 6.07) is 27.1. The molecule has 0 radical (unpaired) electrons. The van der Waals surface area contributed by atoms with Crippen molar-refractivity contribution in [1.82, 2.24) is 30.7 Å². The fraction of sp³-hybridized carbons (Fsp3) is 0.250. The van der Waals surface area contributed by atoms with Gasteiger partial charge in [-0.05, 0) is 78.9 Å². The highest BCUT2D eigenvalue weighted by molar-refractivity contribution is 6.25.